The van der Waals surface area contributed by atoms with Gasteiger partial charge < -0.3 is 10.1 Å². The maximum Gasteiger partial charge on any atom is 0.311 e. The molecular weight excluding hydrogens is 356 g/mol. The first-order valence-electron chi connectivity index (χ1n) is 7.60. The fraction of sp³-hybridized carbons (Fsp3) is 0.167. The number of thiophene rings is 1. The molecule has 7 heteroatoms. The number of hydrogen-bond acceptors (Lipinski definition) is 6. The summed E-state index contributed by atoms with van der Waals surface area (Å²) in [5.41, 5.74) is 2.44. The van der Waals surface area contributed by atoms with Crippen molar-refractivity contribution in [2.45, 2.75) is 13.3 Å². The van der Waals surface area contributed by atoms with Crippen molar-refractivity contribution in [2.75, 3.05) is 11.9 Å². The molecule has 0 aliphatic heterocycles. The standard InChI is InChI=1S/C18H16N2O3S2/c1-12-19-16(11-25-12)13-4-2-5-14(8-13)20-17(21)10-23-18(22)9-15-6-3-7-24-15/h2-8,11H,9-10H2,1H3,(H,20,21). The molecule has 1 N–H and O–H groups in total. The number of carbonyl (C=O) groups excluding carboxylic acids is 2. The number of benzene rings is 1. The van der Waals surface area contributed by atoms with E-state index < -0.39 is 5.97 Å². The minimum absolute atomic E-state index is 0.184. The van der Waals surface area contributed by atoms with Gasteiger partial charge in [-0.2, -0.15) is 0 Å². The van der Waals surface area contributed by atoms with Gasteiger partial charge in [-0.25, -0.2) is 4.98 Å². The molecule has 0 aliphatic rings. The molecule has 2 heterocycles. The highest BCUT2D eigenvalue weighted by Crippen LogP contribution is 2.24. The number of anilines is 1. The zero-order valence-electron chi connectivity index (χ0n) is 13.5. The topological polar surface area (TPSA) is 68.3 Å². The van der Waals surface area contributed by atoms with Gasteiger partial charge in [-0.3, -0.25) is 9.59 Å². The first kappa shape index (κ1) is 17.3. The third-order valence-electron chi connectivity index (χ3n) is 3.32. The van der Waals surface area contributed by atoms with Crippen LogP contribution < -0.4 is 5.32 Å². The van der Waals surface area contributed by atoms with E-state index in [1.54, 1.807) is 17.4 Å². The highest BCUT2D eigenvalue weighted by Gasteiger charge is 2.10. The molecule has 0 bridgehead atoms. The lowest BCUT2D eigenvalue weighted by Gasteiger charge is -2.07. The van der Waals surface area contributed by atoms with Crippen molar-refractivity contribution >= 4 is 40.2 Å². The molecule has 128 valence electrons. The van der Waals surface area contributed by atoms with E-state index in [0.717, 1.165) is 21.1 Å². The number of esters is 1. The summed E-state index contributed by atoms with van der Waals surface area (Å²) in [6.07, 6.45) is 0.184. The van der Waals surface area contributed by atoms with Crippen LogP contribution >= 0.6 is 22.7 Å². The maximum absolute atomic E-state index is 12.0. The Morgan fingerprint density at radius 1 is 1.20 bits per heavy atom. The molecular formula is C18H16N2O3S2. The summed E-state index contributed by atoms with van der Waals surface area (Å²) in [5.74, 6) is -0.782. The second kappa shape index (κ2) is 8.04. The molecule has 0 spiro atoms. The molecule has 0 atom stereocenters. The second-order valence-corrected chi connectivity index (χ2v) is 7.39. The highest BCUT2D eigenvalue weighted by atomic mass is 32.1. The molecule has 25 heavy (non-hydrogen) atoms. The fourth-order valence-corrected chi connectivity index (χ4v) is 3.51. The lowest BCUT2D eigenvalue weighted by Crippen LogP contribution is -2.21. The van der Waals surface area contributed by atoms with E-state index in [9.17, 15) is 9.59 Å². The lowest BCUT2D eigenvalue weighted by molar-refractivity contribution is -0.146. The van der Waals surface area contributed by atoms with Crippen molar-refractivity contribution in [3.63, 3.8) is 0 Å². The molecule has 0 fully saturated rings. The predicted octanol–water partition coefficient (Wildman–Crippen LogP) is 3.90. The SMILES string of the molecule is Cc1nc(-c2cccc(NC(=O)COC(=O)Cc3cccs3)c2)cs1. The van der Waals surface area contributed by atoms with Crippen LogP contribution in [0.1, 0.15) is 9.88 Å². The van der Waals surface area contributed by atoms with Gasteiger partial charge in [0.2, 0.25) is 0 Å². The van der Waals surface area contributed by atoms with E-state index in [1.807, 2.05) is 48.0 Å². The molecule has 3 aromatic rings. The van der Waals surface area contributed by atoms with Crippen LogP contribution in [-0.4, -0.2) is 23.5 Å². The Kier molecular flexibility index (Phi) is 5.57. The minimum atomic E-state index is -0.413. The van der Waals surface area contributed by atoms with Crippen LogP contribution in [0.25, 0.3) is 11.3 Å². The normalized spacial score (nSPS) is 10.4. The van der Waals surface area contributed by atoms with Crippen LogP contribution in [0, 0.1) is 6.92 Å². The Morgan fingerprint density at radius 3 is 2.80 bits per heavy atom. The quantitative estimate of drug-likeness (QED) is 0.666. The molecule has 0 saturated heterocycles. The number of hydrogen-bond donors (Lipinski definition) is 1. The molecule has 0 radical (unpaired) electrons. The van der Waals surface area contributed by atoms with E-state index in [2.05, 4.69) is 10.3 Å². The summed E-state index contributed by atoms with van der Waals surface area (Å²) in [6.45, 7) is 1.65. The number of carbonyl (C=O) groups is 2. The largest absolute Gasteiger partial charge is 0.455 e. The van der Waals surface area contributed by atoms with Crippen molar-refractivity contribution < 1.29 is 14.3 Å². The number of amides is 1. The van der Waals surface area contributed by atoms with Gasteiger partial charge in [-0.15, -0.1) is 22.7 Å². The molecule has 1 aromatic carbocycles. The van der Waals surface area contributed by atoms with Crippen LogP contribution in [0.15, 0.2) is 47.2 Å². The number of rotatable bonds is 6. The number of aromatic nitrogens is 1. The second-order valence-electron chi connectivity index (χ2n) is 5.30. The molecule has 0 saturated carbocycles. The first-order valence-corrected chi connectivity index (χ1v) is 9.36. The van der Waals surface area contributed by atoms with Crippen LogP contribution in [0.5, 0.6) is 0 Å². The van der Waals surface area contributed by atoms with Gasteiger partial charge in [0.15, 0.2) is 6.61 Å². The van der Waals surface area contributed by atoms with Crippen LogP contribution in [0.2, 0.25) is 0 Å². The van der Waals surface area contributed by atoms with E-state index >= 15 is 0 Å². The van der Waals surface area contributed by atoms with Gasteiger partial charge in [0.05, 0.1) is 17.1 Å². The number of thiazole rings is 1. The molecule has 2 aromatic heterocycles. The summed E-state index contributed by atoms with van der Waals surface area (Å²) >= 11 is 3.06. The fourth-order valence-electron chi connectivity index (χ4n) is 2.20. The first-order chi connectivity index (χ1) is 12.1. The highest BCUT2D eigenvalue weighted by molar-refractivity contribution is 7.10. The van der Waals surface area contributed by atoms with E-state index in [1.165, 1.54) is 11.3 Å². The third kappa shape index (κ3) is 4.98. The molecule has 0 unspecified atom stereocenters. The summed E-state index contributed by atoms with van der Waals surface area (Å²) in [5, 5.41) is 7.59. The molecule has 5 nitrogen and oxygen atoms in total. The Balaban J connectivity index is 1.53. The van der Waals surface area contributed by atoms with Crippen LogP contribution in [-0.2, 0) is 20.7 Å². The average Bonchev–Trinajstić information content (AvgIpc) is 3.25. The van der Waals surface area contributed by atoms with Gasteiger partial charge >= 0.3 is 5.97 Å². The Bertz CT molecular complexity index is 872. The monoisotopic (exact) mass is 372 g/mol. The number of nitrogens with one attached hydrogen (secondary N) is 1. The van der Waals surface area contributed by atoms with Gasteiger partial charge in [0, 0.05) is 21.5 Å². The summed E-state index contributed by atoms with van der Waals surface area (Å²) in [4.78, 5) is 29.0. The summed E-state index contributed by atoms with van der Waals surface area (Å²) in [6, 6.07) is 11.1. The van der Waals surface area contributed by atoms with Gasteiger partial charge in [0.1, 0.15) is 0 Å². The third-order valence-corrected chi connectivity index (χ3v) is 4.97. The predicted molar refractivity (Wildman–Crippen MR) is 99.9 cm³/mol. The number of aryl methyl sites for hydroxylation is 1. The average molecular weight is 372 g/mol. The molecule has 0 aliphatic carbocycles. The summed E-state index contributed by atoms with van der Waals surface area (Å²) < 4.78 is 5.01. The maximum atomic E-state index is 12.0. The van der Waals surface area contributed by atoms with E-state index in [4.69, 9.17) is 4.74 Å². The van der Waals surface area contributed by atoms with Crippen molar-refractivity contribution in [3.8, 4) is 11.3 Å². The smallest absolute Gasteiger partial charge is 0.311 e. The van der Waals surface area contributed by atoms with Gasteiger partial charge in [-0.05, 0) is 30.5 Å². The molecule has 3 rings (SSSR count). The van der Waals surface area contributed by atoms with E-state index in [0.29, 0.717) is 5.69 Å². The van der Waals surface area contributed by atoms with Crippen LogP contribution in [0.4, 0.5) is 5.69 Å². The molecule has 1 amide bonds. The van der Waals surface area contributed by atoms with Crippen molar-refractivity contribution in [1.29, 1.82) is 0 Å². The number of nitrogens with zero attached hydrogens (tertiary/aromatic N) is 1. The van der Waals surface area contributed by atoms with Gasteiger partial charge in [0.25, 0.3) is 5.91 Å². The zero-order valence-corrected chi connectivity index (χ0v) is 15.2. The Morgan fingerprint density at radius 2 is 2.08 bits per heavy atom. The zero-order chi connectivity index (χ0) is 17.6. The van der Waals surface area contributed by atoms with E-state index in [-0.39, 0.29) is 18.9 Å². The Hall–Kier alpha value is -2.51. The lowest BCUT2D eigenvalue weighted by atomic mass is 10.1. The summed E-state index contributed by atoms with van der Waals surface area (Å²) in [7, 11) is 0. The Labute approximate surface area is 153 Å². The van der Waals surface area contributed by atoms with Crippen molar-refractivity contribution in [3.05, 3.63) is 57.0 Å². The van der Waals surface area contributed by atoms with Crippen LogP contribution in [0.3, 0.4) is 0 Å². The van der Waals surface area contributed by atoms with Gasteiger partial charge in [-0.1, -0.05) is 18.2 Å². The van der Waals surface area contributed by atoms with Crippen molar-refractivity contribution in [2.24, 2.45) is 0 Å². The number of ether oxygens (including phenoxy) is 1. The van der Waals surface area contributed by atoms with Crippen molar-refractivity contribution in [1.82, 2.24) is 4.98 Å². The minimum Gasteiger partial charge on any atom is -0.455 e.